The Labute approximate surface area is 97.8 Å². The molecule has 92 valence electrons. The van der Waals surface area contributed by atoms with E-state index in [9.17, 15) is 0 Å². The normalized spacial score (nSPS) is 11.6. The van der Waals surface area contributed by atoms with Crippen LogP contribution in [0.1, 0.15) is 6.42 Å². The Morgan fingerprint density at radius 3 is 2.56 bits per heavy atom. The number of hydrogen-bond donors (Lipinski definition) is 1. The number of likely N-dealkylation sites (N-methyl/N-ethyl adjacent to an activating group) is 1. The van der Waals surface area contributed by atoms with E-state index >= 15 is 0 Å². The van der Waals surface area contributed by atoms with Gasteiger partial charge in [0.05, 0.1) is 6.54 Å². The van der Waals surface area contributed by atoms with Crippen molar-refractivity contribution in [2.45, 2.75) is 13.0 Å². The minimum atomic E-state index is 0.593. The Kier molecular flexibility index (Phi) is 5.28. The molecular weight excluding hydrogens is 202 g/mol. The Morgan fingerprint density at radius 1 is 1.25 bits per heavy atom. The van der Waals surface area contributed by atoms with Gasteiger partial charge in [-0.2, -0.15) is 5.10 Å². The van der Waals surface area contributed by atoms with Crippen molar-refractivity contribution in [3.8, 4) is 0 Å². The van der Waals surface area contributed by atoms with Gasteiger partial charge in [0, 0.05) is 12.7 Å². The first-order valence-electron chi connectivity index (χ1n) is 5.70. The Morgan fingerprint density at radius 2 is 2.00 bits per heavy atom. The predicted molar refractivity (Wildman–Crippen MR) is 67.3 cm³/mol. The third-order valence-corrected chi connectivity index (χ3v) is 2.52. The zero-order valence-corrected chi connectivity index (χ0v) is 10.6. The molecular formula is C11H23N5. The number of nitrogens with zero attached hydrogens (tertiary/aromatic N) is 4. The van der Waals surface area contributed by atoms with Gasteiger partial charge in [-0.05, 0) is 46.7 Å². The second-order valence-corrected chi connectivity index (χ2v) is 4.46. The summed E-state index contributed by atoms with van der Waals surface area (Å²) in [5, 5.41) is 4.15. The molecule has 0 aliphatic heterocycles. The molecule has 0 aliphatic rings. The third-order valence-electron chi connectivity index (χ3n) is 2.52. The molecule has 0 radical (unpaired) electrons. The first-order chi connectivity index (χ1) is 7.58. The topological polar surface area (TPSA) is 50.3 Å². The maximum Gasteiger partial charge on any atom is 0.145 e. The van der Waals surface area contributed by atoms with Gasteiger partial charge < -0.3 is 15.5 Å². The summed E-state index contributed by atoms with van der Waals surface area (Å²) in [5.41, 5.74) is 5.55. The fourth-order valence-electron chi connectivity index (χ4n) is 1.54. The first kappa shape index (κ1) is 13.0. The number of nitrogens with two attached hydrogens (primary N) is 1. The van der Waals surface area contributed by atoms with E-state index < -0.39 is 0 Å². The molecule has 0 atom stereocenters. The zero-order chi connectivity index (χ0) is 12.0. The lowest BCUT2D eigenvalue weighted by atomic mass is 10.3. The molecule has 0 unspecified atom stereocenters. The number of anilines is 1. The fourth-order valence-corrected chi connectivity index (χ4v) is 1.54. The number of nitrogen functional groups attached to an aromatic ring is 1. The number of rotatable bonds is 7. The van der Waals surface area contributed by atoms with Crippen molar-refractivity contribution >= 4 is 5.82 Å². The second-order valence-electron chi connectivity index (χ2n) is 4.46. The van der Waals surface area contributed by atoms with Crippen molar-refractivity contribution in [1.29, 1.82) is 0 Å². The highest BCUT2D eigenvalue weighted by molar-refractivity contribution is 5.23. The molecule has 1 aromatic heterocycles. The van der Waals surface area contributed by atoms with Crippen LogP contribution in [-0.2, 0) is 6.54 Å². The molecule has 1 heterocycles. The van der Waals surface area contributed by atoms with Crippen molar-refractivity contribution in [2.75, 3.05) is 46.5 Å². The largest absolute Gasteiger partial charge is 0.382 e. The van der Waals surface area contributed by atoms with Crippen LogP contribution in [0.4, 0.5) is 5.82 Å². The zero-order valence-electron chi connectivity index (χ0n) is 10.6. The minimum Gasteiger partial charge on any atom is -0.382 e. The van der Waals surface area contributed by atoms with E-state index in [1.807, 2.05) is 16.9 Å². The van der Waals surface area contributed by atoms with Crippen LogP contribution < -0.4 is 5.73 Å². The summed E-state index contributed by atoms with van der Waals surface area (Å²) in [4.78, 5) is 4.53. The summed E-state index contributed by atoms with van der Waals surface area (Å²) in [6.45, 7) is 4.16. The summed E-state index contributed by atoms with van der Waals surface area (Å²) < 4.78 is 1.89. The SMILES string of the molecule is CN(C)CCCN(C)CCn1ccc(N)n1. The Balaban J connectivity index is 2.12. The second kappa shape index (κ2) is 6.50. The molecule has 2 N–H and O–H groups in total. The molecule has 0 saturated carbocycles. The third kappa shape index (κ3) is 5.14. The summed E-state index contributed by atoms with van der Waals surface area (Å²) >= 11 is 0. The molecule has 0 bridgehead atoms. The monoisotopic (exact) mass is 225 g/mol. The fraction of sp³-hybridized carbons (Fsp3) is 0.727. The summed E-state index contributed by atoms with van der Waals surface area (Å²) in [6.07, 6.45) is 3.12. The van der Waals surface area contributed by atoms with Crippen molar-refractivity contribution in [2.24, 2.45) is 0 Å². The van der Waals surface area contributed by atoms with Gasteiger partial charge in [0.15, 0.2) is 0 Å². The van der Waals surface area contributed by atoms with Crippen molar-refractivity contribution in [3.05, 3.63) is 12.3 Å². The van der Waals surface area contributed by atoms with Crippen LogP contribution in [0.2, 0.25) is 0 Å². The van der Waals surface area contributed by atoms with Gasteiger partial charge >= 0.3 is 0 Å². The van der Waals surface area contributed by atoms with Gasteiger partial charge in [0.25, 0.3) is 0 Å². The molecule has 5 heteroatoms. The molecule has 5 nitrogen and oxygen atoms in total. The maximum atomic E-state index is 5.55. The van der Waals surface area contributed by atoms with Crippen LogP contribution in [0.5, 0.6) is 0 Å². The van der Waals surface area contributed by atoms with Crippen LogP contribution in [0, 0.1) is 0 Å². The van der Waals surface area contributed by atoms with Crippen LogP contribution in [-0.4, -0.2) is 60.4 Å². The highest BCUT2D eigenvalue weighted by Crippen LogP contribution is 1.96. The highest BCUT2D eigenvalue weighted by Gasteiger charge is 2.00. The van der Waals surface area contributed by atoms with Crippen LogP contribution >= 0.6 is 0 Å². The summed E-state index contributed by atoms with van der Waals surface area (Å²) in [7, 11) is 6.35. The van der Waals surface area contributed by atoms with Crippen molar-refractivity contribution in [1.82, 2.24) is 19.6 Å². The van der Waals surface area contributed by atoms with Crippen molar-refractivity contribution < 1.29 is 0 Å². The van der Waals surface area contributed by atoms with Gasteiger partial charge in [-0.3, -0.25) is 4.68 Å². The molecule has 1 rings (SSSR count). The summed E-state index contributed by atoms with van der Waals surface area (Å²) in [6, 6.07) is 1.83. The molecule has 0 aromatic carbocycles. The van der Waals surface area contributed by atoms with E-state index in [4.69, 9.17) is 5.73 Å². The average molecular weight is 225 g/mol. The maximum absolute atomic E-state index is 5.55. The van der Waals surface area contributed by atoms with Gasteiger partial charge in [-0.1, -0.05) is 0 Å². The molecule has 16 heavy (non-hydrogen) atoms. The van der Waals surface area contributed by atoms with Crippen LogP contribution in [0.3, 0.4) is 0 Å². The smallest absolute Gasteiger partial charge is 0.145 e. The lowest BCUT2D eigenvalue weighted by molar-refractivity contribution is 0.287. The number of hydrogen-bond acceptors (Lipinski definition) is 4. The van der Waals surface area contributed by atoms with Gasteiger partial charge in [0.1, 0.15) is 5.82 Å². The van der Waals surface area contributed by atoms with Crippen molar-refractivity contribution in [3.63, 3.8) is 0 Å². The standard InChI is InChI=1S/C11H23N5/c1-14(2)6-4-7-15(3)9-10-16-8-5-11(12)13-16/h5,8H,4,6-7,9-10H2,1-3H3,(H2,12,13). The van der Waals surface area contributed by atoms with E-state index in [1.165, 1.54) is 6.42 Å². The van der Waals surface area contributed by atoms with E-state index in [0.717, 1.165) is 26.2 Å². The molecule has 0 amide bonds. The van der Waals surface area contributed by atoms with Gasteiger partial charge in [0.2, 0.25) is 0 Å². The molecule has 0 spiro atoms. The molecule has 0 aliphatic carbocycles. The van der Waals surface area contributed by atoms with Gasteiger partial charge in [-0.15, -0.1) is 0 Å². The van der Waals surface area contributed by atoms with Gasteiger partial charge in [-0.25, -0.2) is 0 Å². The quantitative estimate of drug-likeness (QED) is 0.727. The average Bonchev–Trinajstić information content (AvgIpc) is 2.61. The first-order valence-corrected chi connectivity index (χ1v) is 5.70. The molecule has 1 aromatic rings. The van der Waals surface area contributed by atoms with E-state index in [1.54, 1.807) is 0 Å². The lowest BCUT2D eigenvalue weighted by Gasteiger charge is -2.17. The number of aromatic nitrogens is 2. The van der Waals surface area contributed by atoms with E-state index in [-0.39, 0.29) is 0 Å². The predicted octanol–water partition coefficient (Wildman–Crippen LogP) is 0.349. The minimum absolute atomic E-state index is 0.593. The lowest BCUT2D eigenvalue weighted by Crippen LogP contribution is -2.27. The van der Waals surface area contributed by atoms with E-state index in [2.05, 4.69) is 36.0 Å². The van der Waals surface area contributed by atoms with Crippen LogP contribution in [0.25, 0.3) is 0 Å². The van der Waals surface area contributed by atoms with E-state index in [0.29, 0.717) is 5.82 Å². The molecule has 0 fully saturated rings. The van der Waals surface area contributed by atoms with Crippen LogP contribution in [0.15, 0.2) is 12.3 Å². The molecule has 0 saturated heterocycles. The highest BCUT2D eigenvalue weighted by atomic mass is 15.3. The summed E-state index contributed by atoms with van der Waals surface area (Å²) in [5.74, 6) is 0.593. The Bertz CT molecular complexity index is 294. The Hall–Kier alpha value is -1.07.